The molecule has 4 nitrogen and oxygen atoms in total. The Morgan fingerprint density at radius 2 is 2.00 bits per heavy atom. The molecule has 25 heavy (non-hydrogen) atoms. The van der Waals surface area contributed by atoms with Gasteiger partial charge in [0.25, 0.3) is 0 Å². The molecule has 0 aliphatic carbocycles. The topological polar surface area (TPSA) is 44.8 Å². The predicted molar refractivity (Wildman–Crippen MR) is 103 cm³/mol. The van der Waals surface area contributed by atoms with Gasteiger partial charge in [0, 0.05) is 4.47 Å². The van der Waals surface area contributed by atoms with E-state index in [-0.39, 0.29) is 6.61 Å². The number of benzene rings is 2. The molecule has 0 atom stereocenters. The summed E-state index contributed by atoms with van der Waals surface area (Å²) in [7, 11) is 0. The Labute approximate surface area is 163 Å². The quantitative estimate of drug-likeness (QED) is 0.425. The van der Waals surface area contributed by atoms with Crippen LogP contribution in [0.25, 0.3) is 0 Å². The molecule has 6 heteroatoms. The summed E-state index contributed by atoms with van der Waals surface area (Å²) in [5, 5.41) is 0. The molecule has 0 fully saturated rings. The molecule has 2 aromatic carbocycles. The predicted octanol–water partition coefficient (Wildman–Crippen LogP) is 4.98. The molecule has 0 spiro atoms. The maximum atomic E-state index is 12.0. The molecule has 0 saturated heterocycles. The van der Waals surface area contributed by atoms with Gasteiger partial charge < -0.3 is 14.2 Å². The number of ether oxygens (including phenoxy) is 3. The van der Waals surface area contributed by atoms with Crippen LogP contribution in [0.4, 0.5) is 0 Å². The fraction of sp³-hybridized carbons (Fsp3) is 0.211. The molecule has 0 unspecified atom stereocenters. The third kappa shape index (κ3) is 5.52. The molecule has 0 aromatic heterocycles. The van der Waals surface area contributed by atoms with E-state index in [1.165, 1.54) is 0 Å². The number of carbonyl (C=O) groups excluding carboxylic acids is 1. The van der Waals surface area contributed by atoms with Crippen molar-refractivity contribution < 1.29 is 19.0 Å². The fourth-order valence-electron chi connectivity index (χ4n) is 2.06. The van der Waals surface area contributed by atoms with Gasteiger partial charge in [0.15, 0.2) is 18.1 Å². The number of rotatable bonds is 7. The van der Waals surface area contributed by atoms with Crippen LogP contribution in [0.1, 0.15) is 22.8 Å². The van der Waals surface area contributed by atoms with Gasteiger partial charge in [-0.3, -0.25) is 0 Å². The highest BCUT2D eigenvalue weighted by Gasteiger charge is 2.17. The normalized spacial score (nSPS) is 10.0. The lowest BCUT2D eigenvalue weighted by molar-refractivity contribution is 0.0556. The van der Waals surface area contributed by atoms with Crippen LogP contribution >= 0.6 is 31.9 Å². The van der Waals surface area contributed by atoms with E-state index in [0.717, 1.165) is 10.0 Å². The van der Waals surface area contributed by atoms with Crippen LogP contribution in [-0.2, 0) is 11.3 Å². The van der Waals surface area contributed by atoms with Gasteiger partial charge in [-0.05, 0) is 52.7 Å². The molecule has 0 bridgehead atoms. The monoisotopic (exact) mass is 466 g/mol. The van der Waals surface area contributed by atoms with Crippen molar-refractivity contribution in [1.29, 1.82) is 0 Å². The molecular formula is C19H16Br2O4. The second-order valence-corrected chi connectivity index (χ2v) is 6.69. The van der Waals surface area contributed by atoms with Gasteiger partial charge >= 0.3 is 5.97 Å². The van der Waals surface area contributed by atoms with Crippen molar-refractivity contribution in [3.05, 3.63) is 56.5 Å². The van der Waals surface area contributed by atoms with Crippen LogP contribution in [0.15, 0.2) is 45.3 Å². The number of hydrogen-bond donors (Lipinski definition) is 0. The van der Waals surface area contributed by atoms with E-state index in [1.54, 1.807) is 12.1 Å². The summed E-state index contributed by atoms with van der Waals surface area (Å²) in [5.74, 6) is 2.73. The first kappa shape index (κ1) is 19.4. The zero-order chi connectivity index (χ0) is 18.2. The van der Waals surface area contributed by atoms with Crippen molar-refractivity contribution in [2.75, 3.05) is 13.2 Å². The highest BCUT2D eigenvalue weighted by molar-refractivity contribution is 9.10. The number of esters is 1. The van der Waals surface area contributed by atoms with Crippen LogP contribution in [-0.4, -0.2) is 19.2 Å². The average molecular weight is 468 g/mol. The minimum atomic E-state index is -0.516. The highest BCUT2D eigenvalue weighted by Crippen LogP contribution is 2.37. The number of halogens is 2. The molecule has 0 aliphatic rings. The Morgan fingerprint density at radius 1 is 1.20 bits per heavy atom. The van der Waals surface area contributed by atoms with Gasteiger partial charge in [-0.2, -0.15) is 0 Å². The first-order chi connectivity index (χ1) is 12.0. The van der Waals surface area contributed by atoms with Gasteiger partial charge in [-0.25, -0.2) is 4.79 Å². The first-order valence-corrected chi connectivity index (χ1v) is 9.08. The van der Waals surface area contributed by atoms with Crippen LogP contribution < -0.4 is 9.47 Å². The fourth-order valence-corrected chi connectivity index (χ4v) is 3.06. The van der Waals surface area contributed by atoms with Crippen LogP contribution in [0.2, 0.25) is 0 Å². The lowest BCUT2D eigenvalue weighted by Gasteiger charge is -2.15. The van der Waals surface area contributed by atoms with E-state index in [4.69, 9.17) is 20.6 Å². The summed E-state index contributed by atoms with van der Waals surface area (Å²) < 4.78 is 18.0. The van der Waals surface area contributed by atoms with Crippen LogP contribution in [0, 0.1) is 12.3 Å². The first-order valence-electron chi connectivity index (χ1n) is 7.49. The van der Waals surface area contributed by atoms with Gasteiger partial charge in [-0.15, -0.1) is 6.42 Å². The van der Waals surface area contributed by atoms with E-state index < -0.39 is 5.97 Å². The van der Waals surface area contributed by atoms with Crippen molar-refractivity contribution in [2.24, 2.45) is 0 Å². The van der Waals surface area contributed by atoms with E-state index in [2.05, 4.69) is 37.8 Å². The van der Waals surface area contributed by atoms with Crippen LogP contribution in [0.5, 0.6) is 11.5 Å². The Morgan fingerprint density at radius 3 is 2.68 bits per heavy atom. The third-order valence-corrected chi connectivity index (χ3v) is 4.19. The Kier molecular flexibility index (Phi) is 7.35. The number of carbonyl (C=O) groups is 1. The highest BCUT2D eigenvalue weighted by atomic mass is 79.9. The summed E-state index contributed by atoms with van der Waals surface area (Å²) >= 11 is 6.86. The second kappa shape index (κ2) is 9.50. The lowest BCUT2D eigenvalue weighted by atomic mass is 10.2. The second-order valence-electron chi connectivity index (χ2n) is 4.92. The molecule has 0 heterocycles. The molecule has 0 aliphatic heterocycles. The molecule has 0 saturated carbocycles. The summed E-state index contributed by atoms with van der Waals surface area (Å²) in [6, 6.07) is 11.0. The third-order valence-electron chi connectivity index (χ3n) is 3.10. The van der Waals surface area contributed by atoms with Crippen molar-refractivity contribution in [3.8, 4) is 23.8 Å². The van der Waals surface area contributed by atoms with Gasteiger partial charge in [0.1, 0.15) is 6.61 Å². The Balaban J connectivity index is 2.24. The lowest BCUT2D eigenvalue weighted by Crippen LogP contribution is -2.07. The zero-order valence-corrected chi connectivity index (χ0v) is 16.7. The number of hydrogen-bond acceptors (Lipinski definition) is 4. The molecule has 0 amide bonds. The molecular weight excluding hydrogens is 452 g/mol. The van der Waals surface area contributed by atoms with Crippen LogP contribution in [0.3, 0.4) is 0 Å². The van der Waals surface area contributed by atoms with E-state index >= 15 is 0 Å². The molecule has 0 radical (unpaired) electrons. The smallest absolute Gasteiger partial charge is 0.339 e. The molecule has 2 rings (SSSR count). The summed E-state index contributed by atoms with van der Waals surface area (Å²) in [6.07, 6.45) is 5.11. The summed E-state index contributed by atoms with van der Waals surface area (Å²) in [4.78, 5) is 12.0. The maximum absolute atomic E-state index is 12.0. The number of terminal acetylenes is 1. The minimum absolute atomic E-state index is 0.0818. The van der Waals surface area contributed by atoms with Crippen molar-refractivity contribution in [1.82, 2.24) is 0 Å². The standard InChI is InChI=1S/C19H16Br2O4/c1-3-8-24-19(22)14-10-16(21)18(17(11-14)23-4-2)25-12-13-6-5-7-15(20)9-13/h1,5-7,9-11H,4,8,12H2,2H3. The van der Waals surface area contributed by atoms with Crippen molar-refractivity contribution >= 4 is 37.8 Å². The maximum Gasteiger partial charge on any atom is 0.339 e. The Bertz CT molecular complexity index is 796. The van der Waals surface area contributed by atoms with Crippen molar-refractivity contribution in [2.45, 2.75) is 13.5 Å². The SMILES string of the molecule is C#CCOC(=O)c1cc(Br)c(OCc2cccc(Br)c2)c(OCC)c1. The molecule has 2 aromatic rings. The zero-order valence-electron chi connectivity index (χ0n) is 13.6. The van der Waals surface area contributed by atoms with E-state index in [0.29, 0.717) is 34.7 Å². The van der Waals surface area contributed by atoms with Gasteiger partial charge in [-0.1, -0.05) is 34.0 Å². The molecule has 130 valence electrons. The Hall–Kier alpha value is -1.97. The summed E-state index contributed by atoms with van der Waals surface area (Å²) in [5.41, 5.74) is 1.33. The average Bonchev–Trinajstić information content (AvgIpc) is 2.59. The largest absolute Gasteiger partial charge is 0.490 e. The van der Waals surface area contributed by atoms with Gasteiger partial charge in [0.2, 0.25) is 0 Å². The summed E-state index contributed by atoms with van der Waals surface area (Å²) in [6.45, 7) is 2.57. The minimum Gasteiger partial charge on any atom is -0.490 e. The van der Waals surface area contributed by atoms with E-state index in [9.17, 15) is 4.79 Å². The molecule has 0 N–H and O–H groups in total. The van der Waals surface area contributed by atoms with Gasteiger partial charge in [0.05, 0.1) is 16.6 Å². The van der Waals surface area contributed by atoms with Crippen molar-refractivity contribution in [3.63, 3.8) is 0 Å². The van der Waals surface area contributed by atoms with E-state index in [1.807, 2.05) is 31.2 Å².